The highest BCUT2D eigenvalue weighted by Crippen LogP contribution is 2.28. The first kappa shape index (κ1) is 16.4. The van der Waals surface area contributed by atoms with Gasteiger partial charge in [0.1, 0.15) is 5.82 Å². The number of hydrogen-bond donors (Lipinski definition) is 1. The lowest BCUT2D eigenvalue weighted by molar-refractivity contribution is 0.0910. The van der Waals surface area contributed by atoms with E-state index < -0.39 is 0 Å². The number of fused-ring (bicyclic) bond motifs is 1. The number of anilines is 1. The Morgan fingerprint density at radius 1 is 1.12 bits per heavy atom. The Morgan fingerprint density at radius 2 is 1.88 bits per heavy atom. The second-order valence-corrected chi connectivity index (χ2v) is 7.59. The molecule has 132 valence electrons. The Bertz CT molecular complexity index is 767. The van der Waals surface area contributed by atoms with Crippen LogP contribution in [-0.2, 0) is 0 Å². The van der Waals surface area contributed by atoms with Crippen molar-refractivity contribution in [2.75, 3.05) is 18.0 Å². The molecule has 2 aliphatic rings. The third kappa shape index (κ3) is 3.35. The minimum atomic E-state index is 0.0407. The van der Waals surface area contributed by atoms with Crippen LogP contribution in [0.25, 0.3) is 10.9 Å². The van der Waals surface area contributed by atoms with Gasteiger partial charge >= 0.3 is 0 Å². The molecule has 2 unspecified atom stereocenters. The Balaban J connectivity index is 1.68. The van der Waals surface area contributed by atoms with Crippen molar-refractivity contribution in [3.8, 4) is 0 Å². The summed E-state index contributed by atoms with van der Waals surface area (Å²) in [6, 6.07) is 10.4. The average Bonchev–Trinajstić information content (AvgIpc) is 3.17. The van der Waals surface area contributed by atoms with Crippen molar-refractivity contribution in [3.63, 3.8) is 0 Å². The maximum atomic E-state index is 13.1. The molecule has 25 heavy (non-hydrogen) atoms. The maximum Gasteiger partial charge on any atom is 0.255 e. The quantitative estimate of drug-likeness (QED) is 0.915. The van der Waals surface area contributed by atoms with E-state index in [0.717, 1.165) is 41.8 Å². The third-order valence-corrected chi connectivity index (χ3v) is 5.78. The van der Waals surface area contributed by atoms with Gasteiger partial charge in [0.25, 0.3) is 5.91 Å². The molecule has 1 aromatic carbocycles. The Labute approximate surface area is 149 Å². The van der Waals surface area contributed by atoms with E-state index in [4.69, 9.17) is 4.98 Å². The lowest BCUT2D eigenvalue weighted by Crippen LogP contribution is -2.41. The highest BCUT2D eigenvalue weighted by Gasteiger charge is 2.26. The molecule has 1 saturated heterocycles. The van der Waals surface area contributed by atoms with Crippen molar-refractivity contribution in [1.29, 1.82) is 0 Å². The van der Waals surface area contributed by atoms with Gasteiger partial charge < -0.3 is 10.2 Å². The van der Waals surface area contributed by atoms with Crippen molar-refractivity contribution in [2.24, 2.45) is 5.92 Å². The topological polar surface area (TPSA) is 45.2 Å². The average molecular weight is 337 g/mol. The summed E-state index contributed by atoms with van der Waals surface area (Å²) >= 11 is 0. The second kappa shape index (κ2) is 7.03. The summed E-state index contributed by atoms with van der Waals surface area (Å²) in [6.07, 6.45) is 7.14. The van der Waals surface area contributed by atoms with Gasteiger partial charge in [-0.15, -0.1) is 0 Å². The number of pyridine rings is 1. The first-order chi connectivity index (χ1) is 12.2. The number of carbonyl (C=O) groups excluding carboxylic acids is 1. The van der Waals surface area contributed by atoms with Gasteiger partial charge in [-0.1, -0.05) is 38.0 Å². The van der Waals surface area contributed by atoms with Crippen LogP contribution in [0.4, 0.5) is 5.82 Å². The number of para-hydroxylation sites is 1. The van der Waals surface area contributed by atoms with Crippen LogP contribution in [0.5, 0.6) is 0 Å². The van der Waals surface area contributed by atoms with E-state index in [2.05, 4.69) is 17.1 Å². The summed E-state index contributed by atoms with van der Waals surface area (Å²) in [5, 5.41) is 4.34. The molecule has 1 aliphatic heterocycles. The molecule has 2 heterocycles. The minimum Gasteiger partial charge on any atom is -0.356 e. The van der Waals surface area contributed by atoms with Crippen molar-refractivity contribution in [1.82, 2.24) is 10.3 Å². The molecule has 2 aromatic rings. The van der Waals surface area contributed by atoms with Gasteiger partial charge in [0.05, 0.1) is 11.1 Å². The highest BCUT2D eigenvalue weighted by atomic mass is 16.1. The summed E-state index contributed by atoms with van der Waals surface area (Å²) in [6.45, 7) is 4.24. The number of amides is 1. The number of hydrogen-bond acceptors (Lipinski definition) is 3. The van der Waals surface area contributed by atoms with Crippen LogP contribution in [0, 0.1) is 5.92 Å². The molecule has 4 rings (SSSR count). The molecule has 0 radical (unpaired) electrons. The van der Waals surface area contributed by atoms with E-state index >= 15 is 0 Å². The van der Waals surface area contributed by atoms with Crippen LogP contribution in [0.15, 0.2) is 30.3 Å². The zero-order valence-corrected chi connectivity index (χ0v) is 15.0. The predicted molar refractivity (Wildman–Crippen MR) is 102 cm³/mol. The largest absolute Gasteiger partial charge is 0.356 e. The lowest BCUT2D eigenvalue weighted by Gasteiger charge is -2.30. The van der Waals surface area contributed by atoms with Crippen molar-refractivity contribution < 1.29 is 4.79 Å². The van der Waals surface area contributed by atoms with Crippen LogP contribution in [0.3, 0.4) is 0 Å². The van der Waals surface area contributed by atoms with E-state index in [1.807, 2.05) is 30.3 Å². The van der Waals surface area contributed by atoms with Crippen molar-refractivity contribution in [2.45, 2.75) is 51.5 Å². The monoisotopic (exact) mass is 337 g/mol. The van der Waals surface area contributed by atoms with E-state index in [0.29, 0.717) is 12.0 Å². The fraction of sp³-hybridized carbons (Fsp3) is 0.524. The molecule has 0 bridgehead atoms. The molecule has 1 aromatic heterocycles. The summed E-state index contributed by atoms with van der Waals surface area (Å²) in [5.41, 5.74) is 1.70. The molecule has 4 nitrogen and oxygen atoms in total. The van der Waals surface area contributed by atoms with Gasteiger partial charge in [-0.05, 0) is 43.7 Å². The SMILES string of the molecule is CC1CCCCC1NC(=O)c1cc2ccccc2nc1N1CCCC1. The second-order valence-electron chi connectivity index (χ2n) is 7.59. The molecule has 4 heteroatoms. The van der Waals surface area contributed by atoms with Crippen molar-refractivity contribution in [3.05, 3.63) is 35.9 Å². The number of nitrogens with zero attached hydrogens (tertiary/aromatic N) is 2. The van der Waals surface area contributed by atoms with E-state index in [1.165, 1.54) is 32.1 Å². The Morgan fingerprint density at radius 3 is 2.68 bits per heavy atom. The van der Waals surface area contributed by atoms with Crippen LogP contribution < -0.4 is 10.2 Å². The molecular formula is C21H27N3O. The number of rotatable bonds is 3. The summed E-state index contributed by atoms with van der Waals surface area (Å²) in [5.74, 6) is 1.46. The van der Waals surface area contributed by atoms with Gasteiger partial charge in [-0.2, -0.15) is 0 Å². The number of carbonyl (C=O) groups is 1. The van der Waals surface area contributed by atoms with Gasteiger partial charge in [0, 0.05) is 24.5 Å². The number of nitrogens with one attached hydrogen (secondary N) is 1. The highest BCUT2D eigenvalue weighted by molar-refractivity contribution is 6.02. The zero-order valence-electron chi connectivity index (χ0n) is 15.0. The summed E-state index contributed by atoms with van der Waals surface area (Å²) in [4.78, 5) is 20.2. The van der Waals surface area contributed by atoms with Gasteiger partial charge in [-0.25, -0.2) is 4.98 Å². The summed E-state index contributed by atoms with van der Waals surface area (Å²) in [7, 11) is 0. The van der Waals surface area contributed by atoms with E-state index in [1.54, 1.807) is 0 Å². The smallest absolute Gasteiger partial charge is 0.255 e. The zero-order chi connectivity index (χ0) is 17.2. The molecular weight excluding hydrogens is 310 g/mol. The first-order valence-electron chi connectivity index (χ1n) is 9.68. The fourth-order valence-corrected chi connectivity index (χ4v) is 4.22. The minimum absolute atomic E-state index is 0.0407. The molecule has 2 fully saturated rings. The number of benzene rings is 1. The molecule has 1 saturated carbocycles. The van der Waals surface area contributed by atoms with Gasteiger partial charge in [-0.3, -0.25) is 4.79 Å². The van der Waals surface area contributed by atoms with Crippen LogP contribution in [-0.4, -0.2) is 30.0 Å². The van der Waals surface area contributed by atoms with E-state index in [9.17, 15) is 4.79 Å². The summed E-state index contributed by atoms with van der Waals surface area (Å²) < 4.78 is 0. The predicted octanol–water partition coefficient (Wildman–Crippen LogP) is 4.14. The van der Waals surface area contributed by atoms with Crippen LogP contribution in [0.1, 0.15) is 55.8 Å². The molecule has 2 atom stereocenters. The Kier molecular flexibility index (Phi) is 4.60. The first-order valence-corrected chi connectivity index (χ1v) is 9.68. The number of aromatic nitrogens is 1. The van der Waals surface area contributed by atoms with Gasteiger partial charge in [0.2, 0.25) is 0 Å². The van der Waals surface area contributed by atoms with Gasteiger partial charge in [0.15, 0.2) is 0 Å². The molecule has 1 amide bonds. The van der Waals surface area contributed by atoms with Crippen LogP contribution >= 0.6 is 0 Å². The standard InChI is InChI=1S/C21H27N3O/c1-15-8-2-4-10-18(15)23-21(25)17-14-16-9-3-5-11-19(16)22-20(17)24-12-6-7-13-24/h3,5,9,11,14-15,18H,2,4,6-8,10,12-13H2,1H3,(H,23,25). The molecule has 0 spiro atoms. The lowest BCUT2D eigenvalue weighted by atomic mass is 9.86. The van der Waals surface area contributed by atoms with E-state index in [-0.39, 0.29) is 5.91 Å². The molecule has 1 aliphatic carbocycles. The maximum absolute atomic E-state index is 13.1. The normalized spacial score (nSPS) is 23.8. The molecule has 1 N–H and O–H groups in total. The Hall–Kier alpha value is -2.10. The fourth-order valence-electron chi connectivity index (χ4n) is 4.22. The third-order valence-electron chi connectivity index (χ3n) is 5.78. The van der Waals surface area contributed by atoms with Crippen molar-refractivity contribution >= 4 is 22.6 Å². The van der Waals surface area contributed by atoms with Crippen LogP contribution in [0.2, 0.25) is 0 Å².